The van der Waals surface area contributed by atoms with E-state index in [9.17, 15) is 9.59 Å². The van der Waals surface area contributed by atoms with Crippen molar-refractivity contribution < 1.29 is 9.59 Å². The fourth-order valence-corrected chi connectivity index (χ4v) is 8.82. The van der Waals surface area contributed by atoms with Gasteiger partial charge < -0.3 is 43.5 Å². The van der Waals surface area contributed by atoms with Crippen molar-refractivity contribution in [2.24, 2.45) is 22.9 Å². The molecular weight excluding hydrogens is 845 g/mol. The maximum Gasteiger partial charge on any atom is 0.241 e. The summed E-state index contributed by atoms with van der Waals surface area (Å²) in [4.78, 5) is 44.5. The lowest BCUT2D eigenvalue weighted by atomic mass is 10.0. The third-order valence-electron chi connectivity index (χ3n) is 12.4. The van der Waals surface area contributed by atoms with Gasteiger partial charge in [0.1, 0.15) is 0 Å². The average Bonchev–Trinajstić information content (AvgIpc) is 4.22. The maximum atomic E-state index is 13.1. The Morgan fingerprint density at radius 1 is 0.426 bits per heavy atom. The van der Waals surface area contributed by atoms with E-state index >= 15 is 0 Å². The van der Waals surface area contributed by atoms with Crippen molar-refractivity contribution in [3.63, 3.8) is 0 Å². The smallest absolute Gasteiger partial charge is 0.241 e. The molecule has 0 unspecified atom stereocenters. The first-order valence-electron chi connectivity index (χ1n) is 23.3. The van der Waals surface area contributed by atoms with Gasteiger partial charge in [-0.15, -0.1) is 0 Å². The standard InChI is InChI=1S/C56H56N10O2/c57-33-9-7-15-41(59)55(67)61-39-21-17-37(18-22-39)53-47-29-27-45(64-47)51(35-11-3-1-4-12-35)43-25-26-44(63-43)52(36-13-5-2-6-14-36)46-28-30-48(65-46)54(50-32-31-49(53)66-50)38-19-23-40(24-20-38)62-56(68)42(60)16-8-10-34-58/h1-6,11-14,17-32,41-42,64-65H,7-10,15-16,33-34,57-60H2,(H,61,67)(H,62,68)/t41-,42-/m0/s1. The molecule has 0 aliphatic carbocycles. The lowest BCUT2D eigenvalue weighted by Crippen LogP contribution is -2.35. The highest BCUT2D eigenvalue weighted by Gasteiger charge is 2.20. The molecule has 2 aliphatic heterocycles. The number of nitrogens with two attached hydrogens (primary N) is 4. The lowest BCUT2D eigenvalue weighted by molar-refractivity contribution is -0.118. The second kappa shape index (κ2) is 20.8. The van der Waals surface area contributed by atoms with Gasteiger partial charge in [0.05, 0.1) is 34.9 Å². The van der Waals surface area contributed by atoms with Crippen LogP contribution in [0.1, 0.15) is 61.3 Å². The molecule has 7 aromatic rings. The molecule has 68 heavy (non-hydrogen) atoms. The molecule has 8 bridgehead atoms. The Labute approximate surface area is 395 Å². The summed E-state index contributed by atoms with van der Waals surface area (Å²) in [5.74, 6) is -0.476. The zero-order valence-corrected chi connectivity index (χ0v) is 37.8. The molecule has 0 spiro atoms. The Kier molecular flexibility index (Phi) is 13.9. The quantitative estimate of drug-likeness (QED) is 0.0435. The molecule has 12 N–H and O–H groups in total. The SMILES string of the molecule is NCCCC[C@H](N)C(=O)Nc1ccc(-c2c3nc(c(-c4ccc(NC(=O)[C@@H](N)CCCCN)cc4)c4ccc([nH]4)c(-c4ccccc4)c4nc(c(-c5ccccc5)c5ccc2[nH]5)C=C4)C=C3)cc1. The predicted octanol–water partition coefficient (Wildman–Crippen LogP) is 10.1. The van der Waals surface area contributed by atoms with Crippen molar-refractivity contribution in [2.45, 2.75) is 50.6 Å². The van der Waals surface area contributed by atoms with Gasteiger partial charge in [-0.25, -0.2) is 9.97 Å². The largest absolute Gasteiger partial charge is 0.354 e. The number of hydrogen-bond acceptors (Lipinski definition) is 8. The number of amides is 2. The van der Waals surface area contributed by atoms with Gasteiger partial charge in [0.2, 0.25) is 11.8 Å². The van der Waals surface area contributed by atoms with Gasteiger partial charge in [-0.2, -0.15) is 0 Å². The number of rotatable bonds is 16. The Balaban J connectivity index is 1.25. The van der Waals surface area contributed by atoms with E-state index in [0.717, 1.165) is 115 Å². The summed E-state index contributed by atoms with van der Waals surface area (Å²) in [6, 6.07) is 43.2. The van der Waals surface area contributed by atoms with E-state index in [-0.39, 0.29) is 11.8 Å². The first-order valence-corrected chi connectivity index (χ1v) is 23.3. The molecule has 4 aromatic carbocycles. The Hall–Kier alpha value is -7.74. The number of carbonyl (C=O) groups is 2. The summed E-state index contributed by atoms with van der Waals surface area (Å²) in [5, 5.41) is 5.98. The number of H-pyrrole nitrogens is 2. The molecule has 0 fully saturated rings. The molecule has 342 valence electrons. The van der Waals surface area contributed by atoms with Crippen LogP contribution in [0.3, 0.4) is 0 Å². The lowest BCUT2D eigenvalue weighted by Gasteiger charge is -2.13. The van der Waals surface area contributed by atoms with Crippen LogP contribution in [0.25, 0.3) is 90.9 Å². The summed E-state index contributed by atoms with van der Waals surface area (Å²) in [7, 11) is 0. The number of fused-ring (bicyclic) bond motifs is 8. The number of unbranched alkanes of at least 4 members (excludes halogenated alkanes) is 2. The summed E-state index contributed by atoms with van der Waals surface area (Å²) in [5.41, 5.74) is 39.1. The van der Waals surface area contributed by atoms with E-state index in [1.54, 1.807) is 0 Å². The Morgan fingerprint density at radius 3 is 1.04 bits per heavy atom. The summed E-state index contributed by atoms with van der Waals surface area (Å²) < 4.78 is 0. The number of nitrogens with one attached hydrogen (secondary N) is 4. The Bertz CT molecular complexity index is 2950. The highest BCUT2D eigenvalue weighted by atomic mass is 16.2. The number of nitrogens with zero attached hydrogens (tertiary/aromatic N) is 2. The minimum atomic E-state index is -0.634. The van der Waals surface area contributed by atoms with Crippen molar-refractivity contribution in [1.29, 1.82) is 0 Å². The van der Waals surface area contributed by atoms with Crippen molar-refractivity contribution >= 4 is 69.6 Å². The van der Waals surface area contributed by atoms with Crippen molar-refractivity contribution in [2.75, 3.05) is 23.7 Å². The third-order valence-corrected chi connectivity index (χ3v) is 12.4. The summed E-state index contributed by atoms with van der Waals surface area (Å²) in [6.45, 7) is 1.13. The molecule has 12 heteroatoms. The van der Waals surface area contributed by atoms with Crippen LogP contribution in [0.4, 0.5) is 11.4 Å². The van der Waals surface area contributed by atoms with E-state index in [2.05, 4.69) is 81.3 Å². The van der Waals surface area contributed by atoms with E-state index in [1.807, 2.05) is 97.1 Å². The molecule has 2 amide bonds. The molecule has 5 heterocycles. The zero-order chi connectivity index (χ0) is 47.0. The normalized spacial score (nSPS) is 12.8. The van der Waals surface area contributed by atoms with Crippen LogP contribution in [0.5, 0.6) is 0 Å². The average molecular weight is 901 g/mol. The fourth-order valence-electron chi connectivity index (χ4n) is 8.82. The van der Waals surface area contributed by atoms with Crippen molar-refractivity contribution in [3.8, 4) is 44.5 Å². The minimum absolute atomic E-state index is 0.238. The van der Waals surface area contributed by atoms with Crippen molar-refractivity contribution in [1.82, 2.24) is 19.9 Å². The molecule has 12 nitrogen and oxygen atoms in total. The van der Waals surface area contributed by atoms with E-state index in [4.69, 9.17) is 32.9 Å². The van der Waals surface area contributed by atoms with Gasteiger partial charge >= 0.3 is 0 Å². The molecule has 0 saturated heterocycles. The van der Waals surface area contributed by atoms with Crippen LogP contribution >= 0.6 is 0 Å². The van der Waals surface area contributed by atoms with E-state index in [1.165, 1.54) is 0 Å². The van der Waals surface area contributed by atoms with Crippen LogP contribution in [0.2, 0.25) is 0 Å². The van der Waals surface area contributed by atoms with Gasteiger partial charge in [0, 0.05) is 55.7 Å². The number of anilines is 2. The van der Waals surface area contributed by atoms with Gasteiger partial charge in [0.25, 0.3) is 0 Å². The molecular formula is C56H56N10O2. The predicted molar refractivity (Wildman–Crippen MR) is 280 cm³/mol. The maximum absolute atomic E-state index is 13.1. The van der Waals surface area contributed by atoms with E-state index in [0.29, 0.717) is 37.3 Å². The molecule has 2 aliphatic rings. The molecule has 0 saturated carbocycles. The number of carbonyl (C=O) groups excluding carboxylic acids is 2. The zero-order valence-electron chi connectivity index (χ0n) is 37.8. The first-order chi connectivity index (χ1) is 33.3. The third kappa shape index (κ3) is 9.99. The number of aromatic nitrogens is 4. The molecule has 0 radical (unpaired) electrons. The molecule has 2 atom stereocenters. The highest BCUT2D eigenvalue weighted by Crippen LogP contribution is 2.39. The van der Waals surface area contributed by atoms with Gasteiger partial charge in [0.15, 0.2) is 0 Å². The molecule has 9 rings (SSSR count). The monoisotopic (exact) mass is 900 g/mol. The van der Waals surface area contributed by atoms with Crippen LogP contribution in [-0.2, 0) is 9.59 Å². The van der Waals surface area contributed by atoms with Crippen LogP contribution in [0, 0.1) is 0 Å². The number of aromatic amines is 2. The van der Waals surface area contributed by atoms with E-state index < -0.39 is 12.1 Å². The van der Waals surface area contributed by atoms with Crippen LogP contribution in [0.15, 0.2) is 133 Å². The summed E-state index contributed by atoms with van der Waals surface area (Å²) >= 11 is 0. The Morgan fingerprint density at radius 2 is 0.735 bits per heavy atom. The topological polar surface area (TPSA) is 220 Å². The van der Waals surface area contributed by atoms with Gasteiger partial charge in [-0.05, 0) is 134 Å². The van der Waals surface area contributed by atoms with Gasteiger partial charge in [-0.1, -0.05) is 97.8 Å². The van der Waals surface area contributed by atoms with Crippen LogP contribution in [-0.4, -0.2) is 56.9 Å². The van der Waals surface area contributed by atoms with Crippen LogP contribution < -0.4 is 33.6 Å². The number of benzene rings is 4. The second-order valence-corrected chi connectivity index (χ2v) is 17.1. The van der Waals surface area contributed by atoms with Gasteiger partial charge in [-0.3, -0.25) is 9.59 Å². The van der Waals surface area contributed by atoms with Crippen molar-refractivity contribution in [3.05, 3.63) is 156 Å². The second-order valence-electron chi connectivity index (χ2n) is 17.1. The highest BCUT2D eigenvalue weighted by molar-refractivity contribution is 6.01. The fraction of sp³-hybridized carbons (Fsp3) is 0.179. The minimum Gasteiger partial charge on any atom is -0.354 e. The number of hydrogen-bond donors (Lipinski definition) is 8. The molecule has 3 aromatic heterocycles. The first kappa shape index (κ1) is 45.4. The summed E-state index contributed by atoms with van der Waals surface area (Å²) in [6.07, 6.45) is 12.6.